The molecule has 1 N–H and O–H groups in total. The van der Waals surface area contributed by atoms with Crippen LogP contribution in [0.1, 0.15) is 32.1 Å². The first-order valence-corrected chi connectivity index (χ1v) is 7.88. The average molecular weight is 313 g/mol. The lowest BCUT2D eigenvalue weighted by Crippen LogP contribution is -2.52. The molecule has 1 fully saturated rings. The van der Waals surface area contributed by atoms with Gasteiger partial charge in [0.2, 0.25) is 11.8 Å². The van der Waals surface area contributed by atoms with Crippen LogP contribution in [-0.4, -0.2) is 30.5 Å². The predicted octanol–water partition coefficient (Wildman–Crippen LogP) is 1.75. The van der Waals surface area contributed by atoms with Crippen molar-refractivity contribution in [3.05, 3.63) is 24.3 Å². The van der Waals surface area contributed by atoms with Gasteiger partial charge in [-0.05, 0) is 31.4 Å². The van der Waals surface area contributed by atoms with Crippen LogP contribution in [0.5, 0.6) is 5.75 Å². The van der Waals surface area contributed by atoms with Crippen molar-refractivity contribution in [2.24, 2.45) is 0 Å². The number of rotatable bonds is 4. The van der Waals surface area contributed by atoms with Crippen LogP contribution in [0, 0.1) is 11.3 Å². The number of ether oxygens (including phenoxy) is 1. The summed E-state index contributed by atoms with van der Waals surface area (Å²) in [5, 5.41) is 11.9. The monoisotopic (exact) mass is 313 g/mol. The minimum Gasteiger partial charge on any atom is -0.490 e. The number of nitriles is 1. The van der Waals surface area contributed by atoms with Gasteiger partial charge in [0.15, 0.2) is 0 Å². The van der Waals surface area contributed by atoms with Crippen molar-refractivity contribution in [2.45, 2.75) is 37.6 Å². The summed E-state index contributed by atoms with van der Waals surface area (Å²) in [4.78, 5) is 26.1. The van der Waals surface area contributed by atoms with Crippen LogP contribution >= 0.6 is 0 Å². The summed E-state index contributed by atoms with van der Waals surface area (Å²) in [6.07, 6.45) is 2.57. The Balaban J connectivity index is 1.56. The minimum atomic E-state index is -0.703. The molecule has 1 aromatic carbocycles. The minimum absolute atomic E-state index is 0.0990. The highest BCUT2D eigenvalue weighted by Gasteiger charge is 2.38. The van der Waals surface area contributed by atoms with E-state index >= 15 is 0 Å². The maximum absolute atomic E-state index is 12.4. The summed E-state index contributed by atoms with van der Waals surface area (Å²) in [5.74, 6) is 0.353. The quantitative estimate of drug-likeness (QED) is 0.918. The van der Waals surface area contributed by atoms with Crippen molar-refractivity contribution >= 4 is 17.5 Å². The number of nitrogens with one attached hydrogen (secondary N) is 1. The Kier molecular flexibility index (Phi) is 4.20. The summed E-state index contributed by atoms with van der Waals surface area (Å²) in [6, 6.07) is 9.55. The van der Waals surface area contributed by atoms with Gasteiger partial charge in [-0.3, -0.25) is 9.59 Å². The molecule has 120 valence electrons. The van der Waals surface area contributed by atoms with Crippen LogP contribution in [0.2, 0.25) is 0 Å². The SMILES string of the molecule is N#CC1(NC(=O)CCC(=O)N2CCOc3ccccc32)CCC1. The van der Waals surface area contributed by atoms with Crippen molar-refractivity contribution in [2.75, 3.05) is 18.1 Å². The topological polar surface area (TPSA) is 82.4 Å². The molecular weight excluding hydrogens is 294 g/mol. The zero-order valence-electron chi connectivity index (χ0n) is 12.9. The Bertz CT molecular complexity index is 661. The van der Waals surface area contributed by atoms with Gasteiger partial charge in [0.05, 0.1) is 18.3 Å². The maximum Gasteiger partial charge on any atom is 0.227 e. The van der Waals surface area contributed by atoms with Crippen molar-refractivity contribution in [1.29, 1.82) is 5.26 Å². The number of benzene rings is 1. The van der Waals surface area contributed by atoms with Crippen LogP contribution in [-0.2, 0) is 9.59 Å². The Labute approximate surface area is 135 Å². The number of anilines is 1. The highest BCUT2D eigenvalue weighted by Crippen LogP contribution is 2.32. The first kappa shape index (κ1) is 15.3. The third-order valence-corrected chi connectivity index (χ3v) is 4.40. The van der Waals surface area contributed by atoms with Crippen molar-refractivity contribution < 1.29 is 14.3 Å². The maximum atomic E-state index is 12.4. The number of para-hydroxylation sites is 2. The van der Waals surface area contributed by atoms with Crippen molar-refractivity contribution in [3.63, 3.8) is 0 Å². The molecule has 1 heterocycles. The van der Waals surface area contributed by atoms with E-state index in [2.05, 4.69) is 11.4 Å². The summed E-state index contributed by atoms with van der Waals surface area (Å²) >= 11 is 0. The zero-order valence-corrected chi connectivity index (χ0v) is 12.9. The fraction of sp³-hybridized carbons (Fsp3) is 0.471. The van der Waals surface area contributed by atoms with E-state index in [1.807, 2.05) is 24.3 Å². The van der Waals surface area contributed by atoms with E-state index in [9.17, 15) is 9.59 Å². The van der Waals surface area contributed by atoms with E-state index in [1.54, 1.807) is 4.90 Å². The van der Waals surface area contributed by atoms with Crippen LogP contribution in [0.15, 0.2) is 24.3 Å². The third kappa shape index (κ3) is 3.14. The molecule has 1 aromatic rings. The Hall–Kier alpha value is -2.55. The lowest BCUT2D eigenvalue weighted by Gasteiger charge is -2.35. The molecule has 3 rings (SSSR count). The van der Waals surface area contributed by atoms with Crippen LogP contribution in [0.3, 0.4) is 0 Å². The highest BCUT2D eigenvalue weighted by atomic mass is 16.5. The molecule has 0 atom stereocenters. The van der Waals surface area contributed by atoms with Gasteiger partial charge in [-0.15, -0.1) is 0 Å². The molecule has 23 heavy (non-hydrogen) atoms. The molecule has 0 spiro atoms. The molecule has 0 aromatic heterocycles. The molecular formula is C17H19N3O3. The Morgan fingerprint density at radius 2 is 2.09 bits per heavy atom. The Morgan fingerprint density at radius 3 is 2.78 bits per heavy atom. The zero-order chi connectivity index (χ0) is 16.3. The molecule has 6 heteroatoms. The summed E-state index contributed by atoms with van der Waals surface area (Å²) in [6.45, 7) is 0.937. The molecule has 2 amide bonds. The van der Waals surface area contributed by atoms with E-state index in [4.69, 9.17) is 10.00 Å². The number of amides is 2. The molecule has 0 bridgehead atoms. The van der Waals surface area contributed by atoms with Crippen molar-refractivity contribution in [1.82, 2.24) is 5.32 Å². The predicted molar refractivity (Wildman–Crippen MR) is 83.9 cm³/mol. The van der Waals surface area contributed by atoms with Crippen molar-refractivity contribution in [3.8, 4) is 11.8 Å². The summed E-state index contributed by atoms with van der Waals surface area (Å²) < 4.78 is 5.52. The van der Waals surface area contributed by atoms with Gasteiger partial charge in [-0.1, -0.05) is 12.1 Å². The van der Waals surface area contributed by atoms with E-state index in [0.29, 0.717) is 31.7 Å². The molecule has 6 nitrogen and oxygen atoms in total. The number of fused-ring (bicyclic) bond motifs is 1. The first-order valence-electron chi connectivity index (χ1n) is 7.88. The van der Waals surface area contributed by atoms with Gasteiger partial charge >= 0.3 is 0 Å². The number of hydrogen-bond donors (Lipinski definition) is 1. The largest absolute Gasteiger partial charge is 0.490 e. The van der Waals surface area contributed by atoms with Crippen LogP contribution in [0.25, 0.3) is 0 Å². The fourth-order valence-electron chi connectivity index (χ4n) is 2.91. The van der Waals surface area contributed by atoms with Gasteiger partial charge in [0.25, 0.3) is 0 Å². The normalized spacial score (nSPS) is 18.0. The fourth-order valence-corrected chi connectivity index (χ4v) is 2.91. The van der Waals surface area contributed by atoms with E-state index in [0.717, 1.165) is 12.1 Å². The van der Waals surface area contributed by atoms with Crippen LogP contribution in [0.4, 0.5) is 5.69 Å². The smallest absolute Gasteiger partial charge is 0.227 e. The van der Waals surface area contributed by atoms with Gasteiger partial charge in [-0.25, -0.2) is 0 Å². The molecule has 1 saturated carbocycles. The van der Waals surface area contributed by atoms with Gasteiger partial charge in [0.1, 0.15) is 17.9 Å². The average Bonchev–Trinajstić information content (AvgIpc) is 2.55. The highest BCUT2D eigenvalue weighted by molar-refractivity contribution is 5.97. The van der Waals surface area contributed by atoms with E-state index in [1.165, 1.54) is 0 Å². The lowest BCUT2D eigenvalue weighted by atomic mass is 9.78. The molecule has 0 radical (unpaired) electrons. The van der Waals surface area contributed by atoms with Gasteiger partial charge in [-0.2, -0.15) is 5.26 Å². The second-order valence-electron chi connectivity index (χ2n) is 5.96. The Morgan fingerprint density at radius 1 is 1.30 bits per heavy atom. The number of nitrogens with zero attached hydrogens (tertiary/aromatic N) is 2. The van der Waals surface area contributed by atoms with Gasteiger partial charge in [0, 0.05) is 12.8 Å². The lowest BCUT2D eigenvalue weighted by molar-refractivity contribution is -0.126. The molecule has 2 aliphatic rings. The summed E-state index contributed by atoms with van der Waals surface area (Å²) in [5.41, 5.74) is 0.0442. The molecule has 1 aliphatic heterocycles. The van der Waals surface area contributed by atoms with Crippen LogP contribution < -0.4 is 15.0 Å². The number of carbonyl (C=O) groups excluding carboxylic acids is 2. The van der Waals surface area contributed by atoms with E-state index in [-0.39, 0.29) is 24.7 Å². The number of carbonyl (C=O) groups is 2. The second-order valence-corrected chi connectivity index (χ2v) is 5.96. The standard InChI is InChI=1S/C17H19N3O3/c18-12-17(8-3-9-17)19-15(21)6-7-16(22)20-10-11-23-14-5-2-1-4-13(14)20/h1-2,4-5H,3,6-11H2,(H,19,21). The third-order valence-electron chi connectivity index (χ3n) is 4.40. The first-order chi connectivity index (χ1) is 11.1. The number of hydrogen-bond acceptors (Lipinski definition) is 4. The van der Waals surface area contributed by atoms with Gasteiger partial charge < -0.3 is 15.0 Å². The summed E-state index contributed by atoms with van der Waals surface area (Å²) in [7, 11) is 0. The second kappa shape index (κ2) is 6.29. The molecule has 0 unspecified atom stereocenters. The molecule has 0 saturated heterocycles. The molecule has 1 aliphatic carbocycles. The van der Waals surface area contributed by atoms with E-state index < -0.39 is 5.54 Å².